The Morgan fingerprint density at radius 2 is 1.48 bits per heavy atom. The summed E-state index contributed by atoms with van der Waals surface area (Å²) in [5.41, 5.74) is 12.9. The first-order chi connectivity index (χ1) is 15.4. The van der Waals surface area contributed by atoms with Gasteiger partial charge >= 0.3 is 0 Å². The van der Waals surface area contributed by atoms with Gasteiger partial charge in [0.2, 0.25) is 0 Å². The van der Waals surface area contributed by atoms with E-state index in [9.17, 15) is 0 Å². The van der Waals surface area contributed by atoms with E-state index in [2.05, 4.69) is 62.9 Å². The van der Waals surface area contributed by atoms with Crippen LogP contribution in [-0.4, -0.2) is 19.4 Å². The van der Waals surface area contributed by atoms with Gasteiger partial charge in [0.1, 0.15) is 5.65 Å². The van der Waals surface area contributed by atoms with Crippen LogP contribution in [0.4, 0.5) is 0 Å². The van der Waals surface area contributed by atoms with Crippen LogP contribution in [0.15, 0.2) is 73.3 Å². The van der Waals surface area contributed by atoms with Crippen molar-refractivity contribution in [3.63, 3.8) is 0 Å². The first-order valence-electron chi connectivity index (χ1n) is 10.6. The van der Waals surface area contributed by atoms with Gasteiger partial charge in [-0.05, 0) is 51.8 Å². The van der Waals surface area contributed by atoms with E-state index >= 15 is 0 Å². The lowest BCUT2D eigenvalue weighted by Crippen LogP contribution is -1.96. The van der Waals surface area contributed by atoms with E-state index in [0.29, 0.717) is 0 Å². The Morgan fingerprint density at radius 3 is 2.45 bits per heavy atom. The molecule has 0 bridgehead atoms. The Kier molecular flexibility index (Phi) is 2.72. The first kappa shape index (κ1) is 15.7. The minimum atomic E-state index is 0.887. The highest BCUT2D eigenvalue weighted by Crippen LogP contribution is 2.47. The number of imidazole rings is 1. The van der Waals surface area contributed by atoms with Gasteiger partial charge in [0.15, 0.2) is 0 Å². The molecule has 4 aromatic heterocycles. The Labute approximate surface area is 177 Å². The van der Waals surface area contributed by atoms with Gasteiger partial charge in [-0.15, -0.1) is 0 Å². The zero-order chi connectivity index (χ0) is 20.1. The molecular weight excluding hydrogens is 380 g/mol. The van der Waals surface area contributed by atoms with Crippen LogP contribution in [0, 0.1) is 0 Å². The second kappa shape index (κ2) is 5.35. The van der Waals surface area contributed by atoms with Crippen molar-refractivity contribution in [1.29, 1.82) is 0 Å². The Hall–Kier alpha value is -4.05. The van der Waals surface area contributed by atoms with Gasteiger partial charge in [-0.3, -0.25) is 14.4 Å². The molecule has 4 heteroatoms. The third-order valence-corrected chi connectivity index (χ3v) is 7.05. The molecule has 0 fully saturated rings. The van der Waals surface area contributed by atoms with Crippen LogP contribution in [0.3, 0.4) is 0 Å². The van der Waals surface area contributed by atoms with Crippen LogP contribution >= 0.6 is 0 Å². The van der Waals surface area contributed by atoms with E-state index in [1.807, 2.05) is 24.8 Å². The predicted molar refractivity (Wildman–Crippen MR) is 122 cm³/mol. The molecule has 0 spiro atoms. The number of nitrogens with zero attached hydrogens (tertiary/aromatic N) is 4. The maximum Gasteiger partial charge on any atom is 0.147 e. The van der Waals surface area contributed by atoms with Gasteiger partial charge in [-0.1, -0.05) is 36.4 Å². The number of pyridine rings is 3. The lowest BCUT2D eigenvalue weighted by Gasteiger charge is -2.12. The van der Waals surface area contributed by atoms with Crippen LogP contribution in [0.1, 0.15) is 22.4 Å². The summed E-state index contributed by atoms with van der Waals surface area (Å²) in [6.07, 6.45) is 9.50. The van der Waals surface area contributed by atoms with Gasteiger partial charge in [0, 0.05) is 47.5 Å². The standard InChI is InChI=1S/C27H16N4/c1-2-4-16-15(3-1)11-20-17(16)5-6-19-21(20)12-24-26(19)31-25-8-10-29-13-22(25)18-7-9-28-14-23(18)27(31)30-24/h1-10,13-14H,11-12H2. The van der Waals surface area contributed by atoms with E-state index in [-0.39, 0.29) is 0 Å². The van der Waals surface area contributed by atoms with Crippen LogP contribution in [0.2, 0.25) is 0 Å². The molecule has 0 unspecified atom stereocenters. The Balaban J connectivity index is 1.49. The van der Waals surface area contributed by atoms with Gasteiger partial charge < -0.3 is 0 Å². The molecule has 31 heavy (non-hydrogen) atoms. The Bertz CT molecular complexity index is 1740. The fourth-order valence-electron chi connectivity index (χ4n) is 5.74. The lowest BCUT2D eigenvalue weighted by molar-refractivity contribution is 1.12. The SMILES string of the molecule is c1ccc2c(c1)Cc1c-2ccc2c1Cc1nc3c4cnccc4c4cnccc4n3c1-2. The third kappa shape index (κ3) is 1.84. The molecule has 144 valence electrons. The number of aromatic nitrogens is 4. The number of fused-ring (bicyclic) bond motifs is 14. The van der Waals surface area contributed by atoms with Crippen molar-refractivity contribution < 1.29 is 0 Å². The second-order valence-corrected chi connectivity index (χ2v) is 8.51. The van der Waals surface area contributed by atoms with Gasteiger partial charge in [-0.25, -0.2) is 4.98 Å². The van der Waals surface area contributed by atoms with Gasteiger partial charge in [0.05, 0.1) is 16.9 Å². The molecule has 2 aliphatic carbocycles. The first-order valence-corrected chi connectivity index (χ1v) is 10.6. The van der Waals surface area contributed by atoms with Crippen LogP contribution in [-0.2, 0) is 12.8 Å². The maximum absolute atomic E-state index is 5.16. The highest BCUT2D eigenvalue weighted by molar-refractivity contribution is 6.12. The zero-order valence-corrected chi connectivity index (χ0v) is 16.6. The van der Waals surface area contributed by atoms with E-state index in [1.54, 1.807) is 0 Å². The van der Waals surface area contributed by atoms with Crippen molar-refractivity contribution in [3.8, 4) is 22.4 Å². The molecule has 0 amide bonds. The number of rotatable bonds is 0. The van der Waals surface area contributed by atoms with Crippen molar-refractivity contribution in [2.24, 2.45) is 0 Å². The molecule has 0 radical (unpaired) electrons. The van der Waals surface area contributed by atoms with Crippen LogP contribution < -0.4 is 0 Å². The minimum absolute atomic E-state index is 0.887. The molecule has 4 nitrogen and oxygen atoms in total. The van der Waals surface area contributed by atoms with Crippen LogP contribution in [0.5, 0.6) is 0 Å². The zero-order valence-electron chi connectivity index (χ0n) is 16.6. The summed E-state index contributed by atoms with van der Waals surface area (Å²) in [6, 6.07) is 17.6. The highest BCUT2D eigenvalue weighted by atomic mass is 15.0. The van der Waals surface area contributed by atoms with Crippen molar-refractivity contribution in [1.82, 2.24) is 19.4 Å². The normalized spacial score (nSPS) is 13.5. The van der Waals surface area contributed by atoms with E-state index in [1.165, 1.54) is 39.1 Å². The quantitative estimate of drug-likeness (QED) is 0.315. The van der Waals surface area contributed by atoms with Crippen molar-refractivity contribution >= 4 is 27.3 Å². The molecule has 0 saturated heterocycles. The van der Waals surface area contributed by atoms with Gasteiger partial charge in [-0.2, -0.15) is 0 Å². The average molecular weight is 396 g/mol. The maximum atomic E-state index is 5.16. The summed E-state index contributed by atoms with van der Waals surface area (Å²) in [5.74, 6) is 0. The summed E-state index contributed by atoms with van der Waals surface area (Å²) >= 11 is 0. The summed E-state index contributed by atoms with van der Waals surface area (Å²) in [4.78, 5) is 14.0. The second-order valence-electron chi connectivity index (χ2n) is 8.51. The summed E-state index contributed by atoms with van der Waals surface area (Å²) < 4.78 is 2.33. The molecule has 0 aliphatic heterocycles. The van der Waals surface area contributed by atoms with Gasteiger partial charge in [0.25, 0.3) is 0 Å². The molecule has 0 N–H and O–H groups in total. The summed E-state index contributed by atoms with van der Waals surface area (Å²) in [7, 11) is 0. The molecule has 2 aliphatic rings. The number of benzene rings is 2. The predicted octanol–water partition coefficient (Wildman–Crippen LogP) is 5.57. The molecule has 2 aromatic carbocycles. The third-order valence-electron chi connectivity index (χ3n) is 7.05. The summed E-state index contributed by atoms with van der Waals surface area (Å²) in [5, 5.41) is 3.36. The Morgan fingerprint density at radius 1 is 0.677 bits per heavy atom. The largest absolute Gasteiger partial charge is 0.291 e. The lowest BCUT2D eigenvalue weighted by atomic mass is 9.97. The topological polar surface area (TPSA) is 43.1 Å². The molecule has 8 rings (SSSR count). The number of hydrogen-bond donors (Lipinski definition) is 0. The summed E-state index contributed by atoms with van der Waals surface area (Å²) in [6.45, 7) is 0. The fraction of sp³-hybridized carbons (Fsp3) is 0.0741. The fourth-order valence-corrected chi connectivity index (χ4v) is 5.74. The average Bonchev–Trinajstić information content (AvgIpc) is 3.48. The molecule has 4 heterocycles. The molecule has 0 saturated carbocycles. The molecular formula is C27H16N4. The van der Waals surface area contributed by atoms with E-state index in [0.717, 1.165) is 45.9 Å². The van der Waals surface area contributed by atoms with E-state index in [4.69, 9.17) is 4.98 Å². The molecule has 0 atom stereocenters. The number of hydrogen-bond acceptors (Lipinski definition) is 3. The van der Waals surface area contributed by atoms with Crippen molar-refractivity contribution in [3.05, 3.63) is 95.7 Å². The van der Waals surface area contributed by atoms with Crippen molar-refractivity contribution in [2.45, 2.75) is 12.8 Å². The van der Waals surface area contributed by atoms with Crippen molar-refractivity contribution in [2.75, 3.05) is 0 Å². The van der Waals surface area contributed by atoms with Crippen LogP contribution in [0.25, 0.3) is 49.7 Å². The molecule has 6 aromatic rings. The highest BCUT2D eigenvalue weighted by Gasteiger charge is 2.31. The smallest absolute Gasteiger partial charge is 0.147 e. The van der Waals surface area contributed by atoms with E-state index < -0.39 is 0 Å². The minimum Gasteiger partial charge on any atom is -0.291 e. The monoisotopic (exact) mass is 396 g/mol.